The quantitative estimate of drug-likeness (QED) is 0.616. The van der Waals surface area contributed by atoms with E-state index in [0.717, 1.165) is 11.3 Å². The Kier molecular flexibility index (Phi) is 6.76. The van der Waals surface area contributed by atoms with E-state index in [4.69, 9.17) is 4.52 Å². The van der Waals surface area contributed by atoms with Crippen LogP contribution in [0.2, 0.25) is 0 Å². The molecule has 0 aliphatic rings. The summed E-state index contributed by atoms with van der Waals surface area (Å²) in [6.07, 6.45) is 0.644. The zero-order chi connectivity index (χ0) is 17.9. The highest BCUT2D eigenvalue weighted by Crippen LogP contribution is 2.24. The lowest BCUT2D eigenvalue weighted by molar-refractivity contribution is 0.418. The molecule has 26 heavy (non-hydrogen) atoms. The Labute approximate surface area is 162 Å². The first kappa shape index (κ1) is 20.4. The molecule has 0 aliphatic carbocycles. The third-order valence-electron chi connectivity index (χ3n) is 3.57. The van der Waals surface area contributed by atoms with E-state index in [0.29, 0.717) is 29.4 Å². The molecule has 0 amide bonds. The number of aromatic nitrogens is 2. The number of likely N-dealkylation sites (N-methyl/N-ethyl adjacent to an activating group) is 1. The summed E-state index contributed by atoms with van der Waals surface area (Å²) in [4.78, 5) is 4.36. The average Bonchev–Trinajstić information content (AvgIpc) is 3.27. The third kappa shape index (κ3) is 4.82. The molecule has 0 aliphatic heterocycles. The Morgan fingerprint density at radius 3 is 2.77 bits per heavy atom. The fourth-order valence-electron chi connectivity index (χ4n) is 2.17. The zero-order valence-corrected chi connectivity index (χ0v) is 16.6. The minimum atomic E-state index is -3.59. The van der Waals surface area contributed by atoms with Crippen LogP contribution < -0.4 is 10.0 Å². The van der Waals surface area contributed by atoms with E-state index in [9.17, 15) is 8.42 Å². The lowest BCUT2D eigenvalue weighted by atomic mass is 10.2. The minimum Gasteiger partial charge on any atom is -0.334 e. The molecule has 0 bridgehead atoms. The van der Waals surface area contributed by atoms with Gasteiger partial charge in [-0.2, -0.15) is 4.98 Å². The molecular formula is C16H19ClN4O3S2. The van der Waals surface area contributed by atoms with Gasteiger partial charge in [-0.25, -0.2) is 8.42 Å². The summed E-state index contributed by atoms with van der Waals surface area (Å²) >= 11 is 1.16. The van der Waals surface area contributed by atoms with Gasteiger partial charge >= 0.3 is 0 Å². The van der Waals surface area contributed by atoms with E-state index in [-0.39, 0.29) is 22.7 Å². The van der Waals surface area contributed by atoms with Gasteiger partial charge in [0.1, 0.15) is 4.21 Å². The highest BCUT2D eigenvalue weighted by Gasteiger charge is 2.16. The number of nitrogens with one attached hydrogen (secondary N) is 2. The van der Waals surface area contributed by atoms with Crippen molar-refractivity contribution in [1.82, 2.24) is 15.5 Å². The van der Waals surface area contributed by atoms with Crippen molar-refractivity contribution >= 4 is 39.5 Å². The number of anilines is 1. The Balaban J connectivity index is 0.00000243. The van der Waals surface area contributed by atoms with Gasteiger partial charge in [-0.1, -0.05) is 17.3 Å². The van der Waals surface area contributed by atoms with Crippen molar-refractivity contribution in [2.75, 3.05) is 11.8 Å². The van der Waals surface area contributed by atoms with Crippen LogP contribution >= 0.6 is 23.7 Å². The first-order valence-corrected chi connectivity index (χ1v) is 10.0. The molecule has 0 saturated heterocycles. The standard InChI is InChI=1S/C16H18N4O3S2.ClH/c1-11(17-2)9-14-18-16(23-19-14)12-5-3-6-13(10-12)20-25(21,22)15-7-4-8-24-15;/h3-8,10-11,17,20H,9H2,1-2H3;1H. The van der Waals surface area contributed by atoms with Gasteiger partial charge in [0, 0.05) is 23.7 Å². The molecule has 140 valence electrons. The van der Waals surface area contributed by atoms with Crippen LogP contribution in [-0.4, -0.2) is 31.6 Å². The predicted molar refractivity (Wildman–Crippen MR) is 104 cm³/mol. The SMILES string of the molecule is CNC(C)Cc1noc(-c2cccc(NS(=O)(=O)c3cccs3)c2)n1.Cl. The van der Waals surface area contributed by atoms with Crippen LogP contribution in [0.3, 0.4) is 0 Å². The molecule has 2 N–H and O–H groups in total. The van der Waals surface area contributed by atoms with Gasteiger partial charge in [0.25, 0.3) is 15.9 Å². The maximum Gasteiger partial charge on any atom is 0.271 e. The van der Waals surface area contributed by atoms with Crippen LogP contribution in [0.4, 0.5) is 5.69 Å². The lowest BCUT2D eigenvalue weighted by Gasteiger charge is -2.07. The summed E-state index contributed by atoms with van der Waals surface area (Å²) < 4.78 is 32.7. The Morgan fingerprint density at radius 1 is 1.27 bits per heavy atom. The summed E-state index contributed by atoms with van der Waals surface area (Å²) in [6.45, 7) is 2.02. The molecule has 0 fully saturated rings. The Bertz CT molecular complexity index is 942. The highest BCUT2D eigenvalue weighted by molar-refractivity contribution is 7.94. The number of hydrogen-bond acceptors (Lipinski definition) is 7. The molecule has 0 radical (unpaired) electrons. The number of halogens is 1. The molecule has 1 aromatic carbocycles. The van der Waals surface area contributed by atoms with Gasteiger partial charge in [0.15, 0.2) is 5.82 Å². The molecule has 1 atom stereocenters. The van der Waals surface area contributed by atoms with E-state index in [1.54, 1.807) is 41.8 Å². The maximum absolute atomic E-state index is 12.3. The molecule has 3 aromatic rings. The minimum absolute atomic E-state index is 0. The van der Waals surface area contributed by atoms with Crippen LogP contribution in [0, 0.1) is 0 Å². The number of nitrogens with zero attached hydrogens (tertiary/aromatic N) is 2. The summed E-state index contributed by atoms with van der Waals surface area (Å²) in [5, 5.41) is 8.79. The van der Waals surface area contributed by atoms with Gasteiger partial charge in [-0.3, -0.25) is 4.72 Å². The lowest BCUT2D eigenvalue weighted by Crippen LogP contribution is -2.24. The van der Waals surface area contributed by atoms with Crippen LogP contribution in [0.1, 0.15) is 12.7 Å². The molecular weight excluding hydrogens is 396 g/mol. The Morgan fingerprint density at radius 2 is 2.08 bits per heavy atom. The molecule has 2 aromatic heterocycles. The van der Waals surface area contributed by atoms with Crippen molar-refractivity contribution in [1.29, 1.82) is 0 Å². The molecule has 0 saturated carbocycles. The van der Waals surface area contributed by atoms with Crippen molar-refractivity contribution in [3.8, 4) is 11.5 Å². The van der Waals surface area contributed by atoms with Crippen molar-refractivity contribution in [2.24, 2.45) is 0 Å². The van der Waals surface area contributed by atoms with Crippen molar-refractivity contribution in [3.05, 3.63) is 47.6 Å². The molecule has 7 nitrogen and oxygen atoms in total. The summed E-state index contributed by atoms with van der Waals surface area (Å²) in [5.41, 5.74) is 1.09. The normalized spacial score (nSPS) is 12.4. The highest BCUT2D eigenvalue weighted by atomic mass is 35.5. The van der Waals surface area contributed by atoms with E-state index in [1.807, 2.05) is 14.0 Å². The number of sulfonamides is 1. The summed E-state index contributed by atoms with van der Waals surface area (Å²) in [6, 6.07) is 10.4. The van der Waals surface area contributed by atoms with Crippen molar-refractivity contribution in [2.45, 2.75) is 23.6 Å². The van der Waals surface area contributed by atoms with Gasteiger partial charge in [-0.15, -0.1) is 23.7 Å². The average molecular weight is 415 g/mol. The molecule has 2 heterocycles. The van der Waals surface area contributed by atoms with E-state index in [1.165, 1.54) is 0 Å². The molecule has 1 unspecified atom stereocenters. The van der Waals surface area contributed by atoms with E-state index >= 15 is 0 Å². The smallest absolute Gasteiger partial charge is 0.271 e. The number of rotatable bonds is 7. The topological polar surface area (TPSA) is 97.1 Å². The molecule has 3 rings (SSSR count). The first-order valence-electron chi connectivity index (χ1n) is 7.64. The van der Waals surface area contributed by atoms with Crippen molar-refractivity contribution in [3.63, 3.8) is 0 Å². The second kappa shape index (κ2) is 8.63. The summed E-state index contributed by atoms with van der Waals surface area (Å²) in [7, 11) is -1.72. The number of thiophene rings is 1. The predicted octanol–water partition coefficient (Wildman–Crippen LogP) is 3.17. The number of benzene rings is 1. The van der Waals surface area contributed by atoms with Crippen LogP contribution in [0.5, 0.6) is 0 Å². The molecule has 10 heteroatoms. The second-order valence-electron chi connectivity index (χ2n) is 5.53. The van der Waals surface area contributed by atoms with Crippen LogP contribution in [0.25, 0.3) is 11.5 Å². The Hall–Kier alpha value is -1.94. The maximum atomic E-state index is 12.3. The van der Waals surface area contributed by atoms with Gasteiger partial charge in [0.05, 0.1) is 0 Å². The van der Waals surface area contributed by atoms with E-state index in [2.05, 4.69) is 20.2 Å². The summed E-state index contributed by atoms with van der Waals surface area (Å²) in [5.74, 6) is 0.955. The van der Waals surface area contributed by atoms with E-state index < -0.39 is 10.0 Å². The first-order chi connectivity index (χ1) is 12.0. The molecule has 0 spiro atoms. The fraction of sp³-hybridized carbons (Fsp3) is 0.250. The second-order valence-corrected chi connectivity index (χ2v) is 8.38. The van der Waals surface area contributed by atoms with Crippen LogP contribution in [-0.2, 0) is 16.4 Å². The van der Waals surface area contributed by atoms with Gasteiger partial charge in [-0.05, 0) is 43.6 Å². The zero-order valence-electron chi connectivity index (χ0n) is 14.2. The largest absolute Gasteiger partial charge is 0.334 e. The number of hydrogen-bond donors (Lipinski definition) is 2. The van der Waals surface area contributed by atoms with Gasteiger partial charge < -0.3 is 9.84 Å². The fourth-order valence-corrected chi connectivity index (χ4v) is 4.21. The third-order valence-corrected chi connectivity index (χ3v) is 6.35. The van der Waals surface area contributed by atoms with Gasteiger partial charge in [0.2, 0.25) is 0 Å². The van der Waals surface area contributed by atoms with Crippen molar-refractivity contribution < 1.29 is 12.9 Å². The monoisotopic (exact) mass is 414 g/mol. The van der Waals surface area contributed by atoms with Crippen LogP contribution in [0.15, 0.2) is 50.5 Å².